The van der Waals surface area contributed by atoms with Gasteiger partial charge in [0.1, 0.15) is 5.60 Å². The number of quaternary nitrogens is 1. The average molecular weight is 292 g/mol. The van der Waals surface area contributed by atoms with Crippen LogP contribution in [0.1, 0.15) is 12.8 Å². The summed E-state index contributed by atoms with van der Waals surface area (Å²) in [6.07, 6.45) is 5.15. The number of amides is 1. The molecule has 114 valence electrons. The van der Waals surface area contributed by atoms with E-state index in [-0.39, 0.29) is 11.9 Å². The molecule has 0 saturated carbocycles. The Bertz CT molecular complexity index is 526. The molecular formula is C15H20N2O4. The van der Waals surface area contributed by atoms with E-state index in [9.17, 15) is 14.7 Å². The van der Waals surface area contributed by atoms with Gasteiger partial charge in [-0.05, 0) is 0 Å². The minimum atomic E-state index is -1.17. The molecule has 0 aromatic heterocycles. The Balaban J connectivity index is 1.60. The molecule has 4 atom stereocenters. The Morgan fingerprint density at radius 3 is 2.86 bits per heavy atom. The van der Waals surface area contributed by atoms with Gasteiger partial charge in [0.05, 0.1) is 38.7 Å². The van der Waals surface area contributed by atoms with E-state index in [1.54, 1.807) is 6.08 Å². The third-order valence-corrected chi connectivity index (χ3v) is 5.65. The van der Waals surface area contributed by atoms with Gasteiger partial charge in [0, 0.05) is 30.8 Å². The monoisotopic (exact) mass is 292 g/mol. The highest BCUT2D eigenvalue weighted by atomic mass is 16.5. The highest BCUT2D eigenvalue weighted by molar-refractivity contribution is 5.90. The van der Waals surface area contributed by atoms with Crippen LogP contribution in [0.25, 0.3) is 0 Å². The van der Waals surface area contributed by atoms with Crippen molar-refractivity contribution >= 4 is 11.9 Å². The summed E-state index contributed by atoms with van der Waals surface area (Å²) in [6.45, 7) is 2.60. The first kappa shape index (κ1) is 13.3. The molecule has 6 heteroatoms. The molecule has 3 fully saturated rings. The van der Waals surface area contributed by atoms with E-state index in [4.69, 9.17) is 4.74 Å². The minimum absolute atomic E-state index is 0.0550. The number of aliphatic carboxylic acids is 1. The lowest BCUT2D eigenvalue weighted by molar-refractivity contribution is -0.885. The first-order chi connectivity index (χ1) is 10.0. The van der Waals surface area contributed by atoms with Crippen molar-refractivity contribution in [3.63, 3.8) is 0 Å². The normalized spacial score (nSPS) is 48.0. The molecule has 6 nitrogen and oxygen atoms in total. The number of nitrogens with zero attached hydrogens (tertiary/aromatic N) is 1. The van der Waals surface area contributed by atoms with Crippen LogP contribution in [0.5, 0.6) is 0 Å². The molecule has 4 aliphatic rings. The van der Waals surface area contributed by atoms with Crippen molar-refractivity contribution in [2.45, 2.75) is 30.6 Å². The molecule has 4 rings (SSSR count). The lowest BCUT2D eigenvalue weighted by Gasteiger charge is -2.34. The second-order valence-corrected chi connectivity index (χ2v) is 6.87. The smallest absolute Gasteiger partial charge is 0.230 e. The Morgan fingerprint density at radius 2 is 2.19 bits per heavy atom. The predicted molar refractivity (Wildman–Crippen MR) is 70.1 cm³/mol. The molecule has 1 spiro atoms. The summed E-state index contributed by atoms with van der Waals surface area (Å²) in [5.74, 6) is -2.64. The number of carbonyl (C=O) groups is 2. The highest BCUT2D eigenvalue weighted by Crippen LogP contribution is 2.52. The van der Waals surface area contributed by atoms with E-state index in [2.05, 4.69) is 7.05 Å². The summed E-state index contributed by atoms with van der Waals surface area (Å²) in [5.41, 5.74) is -0.720. The van der Waals surface area contributed by atoms with E-state index in [0.717, 1.165) is 25.9 Å². The maximum Gasteiger partial charge on any atom is 0.230 e. The highest BCUT2D eigenvalue weighted by Gasteiger charge is 2.66. The first-order valence-electron chi connectivity index (χ1n) is 7.72. The number of likely N-dealkylation sites (tertiary alicyclic amines) is 2. The molecule has 0 aromatic carbocycles. The molecule has 1 amide bonds. The molecule has 4 heterocycles. The maximum absolute atomic E-state index is 12.8. The maximum atomic E-state index is 12.8. The van der Waals surface area contributed by atoms with Gasteiger partial charge in [0.25, 0.3) is 0 Å². The lowest BCUT2D eigenvalue weighted by atomic mass is 9.77. The number of hydrogen-bond donors (Lipinski definition) is 1. The quantitative estimate of drug-likeness (QED) is 0.558. The topological polar surface area (TPSA) is 74.1 Å². The third kappa shape index (κ3) is 1.72. The Labute approximate surface area is 123 Å². The standard InChI is InChI=1S/C15H20N2O4/c1-16-6-3-9(4-7-16)17-8-15-5-2-10(21-15)11(14(19)20)12(15)13(17)18/h2,5,9-12H,3-4,6-8H2,1H3,(H,19,20)/t10-,11-,12+,15+/m0/s1. The fraction of sp³-hybridized carbons (Fsp3) is 0.733. The van der Waals surface area contributed by atoms with Gasteiger partial charge in [-0.15, -0.1) is 0 Å². The fourth-order valence-corrected chi connectivity index (χ4v) is 4.51. The summed E-state index contributed by atoms with van der Waals surface area (Å²) in [5, 5.41) is 11.4. The van der Waals surface area contributed by atoms with E-state index in [1.807, 2.05) is 11.0 Å². The van der Waals surface area contributed by atoms with E-state index >= 15 is 0 Å². The molecule has 4 aliphatic heterocycles. The van der Waals surface area contributed by atoms with Crippen LogP contribution in [-0.2, 0) is 14.3 Å². The first-order valence-corrected chi connectivity index (χ1v) is 7.72. The van der Waals surface area contributed by atoms with Crippen LogP contribution in [0.2, 0.25) is 0 Å². The van der Waals surface area contributed by atoms with Gasteiger partial charge in [-0.1, -0.05) is 12.2 Å². The Morgan fingerprint density at radius 1 is 1.48 bits per heavy atom. The Hall–Kier alpha value is -1.40. The molecule has 1 N–H and O–H groups in total. The van der Waals surface area contributed by atoms with Crippen LogP contribution < -0.4 is 10.0 Å². The lowest BCUT2D eigenvalue weighted by Crippen LogP contribution is -3.10. The number of fused-ring (bicyclic) bond motifs is 1. The van der Waals surface area contributed by atoms with E-state index in [0.29, 0.717) is 6.54 Å². The van der Waals surface area contributed by atoms with Crippen molar-refractivity contribution in [3.05, 3.63) is 12.2 Å². The molecule has 0 radical (unpaired) electrons. The molecule has 0 unspecified atom stereocenters. The van der Waals surface area contributed by atoms with Gasteiger partial charge in [0.2, 0.25) is 5.91 Å². The van der Waals surface area contributed by atoms with Crippen LogP contribution >= 0.6 is 0 Å². The molecular weight excluding hydrogens is 272 g/mol. The number of piperidine rings is 1. The van der Waals surface area contributed by atoms with Crippen LogP contribution in [-0.4, -0.2) is 61.2 Å². The summed E-state index contributed by atoms with van der Waals surface area (Å²) in [4.78, 5) is 27.5. The van der Waals surface area contributed by atoms with E-state index in [1.165, 1.54) is 4.90 Å². The SMILES string of the molecule is C[NH+]1CCC(N2C[C@@]34C=C[C@H](O3)[C@H](C(=O)[O-])[C@@H]4C2=O)CC1. The minimum Gasteiger partial charge on any atom is -0.550 e. The number of hydrogen-bond acceptors (Lipinski definition) is 4. The van der Waals surface area contributed by atoms with Gasteiger partial charge < -0.3 is 24.4 Å². The van der Waals surface area contributed by atoms with Gasteiger partial charge in [-0.25, -0.2) is 0 Å². The van der Waals surface area contributed by atoms with Crippen molar-refractivity contribution < 1.29 is 24.3 Å². The molecule has 2 bridgehead atoms. The van der Waals surface area contributed by atoms with Crippen molar-refractivity contribution in [1.29, 1.82) is 0 Å². The molecule has 0 aromatic rings. The van der Waals surface area contributed by atoms with Crippen molar-refractivity contribution in [3.8, 4) is 0 Å². The summed E-state index contributed by atoms with van der Waals surface area (Å²) in [7, 11) is 2.16. The average Bonchev–Trinajstić information content (AvgIpc) is 3.08. The van der Waals surface area contributed by atoms with Gasteiger partial charge >= 0.3 is 0 Å². The summed E-state index contributed by atoms with van der Waals surface area (Å²) >= 11 is 0. The van der Waals surface area contributed by atoms with E-state index < -0.39 is 29.5 Å². The third-order valence-electron chi connectivity index (χ3n) is 5.65. The van der Waals surface area contributed by atoms with Crippen LogP contribution in [0.3, 0.4) is 0 Å². The Kier molecular flexibility index (Phi) is 2.72. The van der Waals surface area contributed by atoms with Crippen LogP contribution in [0, 0.1) is 11.8 Å². The predicted octanol–water partition coefficient (Wildman–Crippen LogP) is -2.80. The zero-order valence-corrected chi connectivity index (χ0v) is 12.1. The largest absolute Gasteiger partial charge is 0.550 e. The second kappa shape index (κ2) is 4.30. The van der Waals surface area contributed by atoms with Crippen molar-refractivity contribution in [2.75, 3.05) is 26.7 Å². The number of carbonyl (C=O) groups excluding carboxylic acids is 2. The fourth-order valence-electron chi connectivity index (χ4n) is 4.51. The van der Waals surface area contributed by atoms with Crippen LogP contribution in [0.4, 0.5) is 0 Å². The number of carboxylic acid groups (broad SMARTS) is 1. The van der Waals surface area contributed by atoms with Crippen LogP contribution in [0.15, 0.2) is 12.2 Å². The zero-order valence-electron chi connectivity index (χ0n) is 12.1. The number of ether oxygens (including phenoxy) is 1. The summed E-state index contributed by atoms with van der Waals surface area (Å²) in [6, 6.07) is 0.222. The zero-order chi connectivity index (χ0) is 14.8. The molecule has 21 heavy (non-hydrogen) atoms. The van der Waals surface area contributed by atoms with Gasteiger partial charge in [-0.2, -0.15) is 0 Å². The van der Waals surface area contributed by atoms with Crippen molar-refractivity contribution in [2.24, 2.45) is 11.8 Å². The molecule has 0 aliphatic carbocycles. The van der Waals surface area contributed by atoms with Crippen molar-refractivity contribution in [1.82, 2.24) is 4.90 Å². The number of nitrogens with one attached hydrogen (secondary N) is 1. The number of carboxylic acids is 1. The molecule has 3 saturated heterocycles. The van der Waals surface area contributed by atoms with Gasteiger partial charge in [0.15, 0.2) is 0 Å². The van der Waals surface area contributed by atoms with Gasteiger partial charge in [-0.3, -0.25) is 4.79 Å². The number of rotatable bonds is 2. The second-order valence-electron chi connectivity index (χ2n) is 6.87. The summed E-state index contributed by atoms with van der Waals surface area (Å²) < 4.78 is 5.87.